The second-order valence-electron chi connectivity index (χ2n) is 5.17. The molecule has 0 unspecified atom stereocenters. The summed E-state index contributed by atoms with van der Waals surface area (Å²) in [4.78, 5) is 11.4. The number of fused-ring (bicyclic) bond motifs is 3. The van der Waals surface area contributed by atoms with Gasteiger partial charge in [0.25, 0.3) is 0 Å². The fourth-order valence-electron chi connectivity index (χ4n) is 3.68. The molecule has 0 aliphatic heterocycles. The lowest BCUT2D eigenvalue weighted by atomic mass is 9.63. The van der Waals surface area contributed by atoms with Gasteiger partial charge in [0.2, 0.25) is 5.91 Å². The Balaban J connectivity index is 1.99. The van der Waals surface area contributed by atoms with Gasteiger partial charge in [0.1, 0.15) is 0 Å². The van der Waals surface area contributed by atoms with Crippen LogP contribution >= 0.6 is 0 Å². The molecule has 2 aromatic carbocycles. The summed E-state index contributed by atoms with van der Waals surface area (Å²) in [6.07, 6.45) is 0.924. The van der Waals surface area contributed by atoms with Crippen molar-refractivity contribution in [2.75, 3.05) is 0 Å². The predicted octanol–water partition coefficient (Wildman–Crippen LogP) is 2.53. The van der Waals surface area contributed by atoms with Gasteiger partial charge in [-0.2, -0.15) is 0 Å². The van der Waals surface area contributed by atoms with Gasteiger partial charge in [-0.1, -0.05) is 36.4 Å². The molecule has 3 atom stereocenters. The zero-order chi connectivity index (χ0) is 11.6. The number of benzene rings is 2. The van der Waals surface area contributed by atoms with Crippen LogP contribution in [0.15, 0.2) is 36.4 Å². The largest absolute Gasteiger partial charge is 0.369 e. The molecular weight excluding hydrogens is 210 g/mol. The third-order valence-corrected chi connectivity index (χ3v) is 4.47. The van der Waals surface area contributed by atoms with Crippen molar-refractivity contribution in [1.82, 2.24) is 0 Å². The normalized spacial score (nSPS) is 28.8. The Hall–Kier alpha value is -1.83. The molecule has 2 heteroatoms. The van der Waals surface area contributed by atoms with Crippen molar-refractivity contribution in [3.8, 4) is 0 Å². The van der Waals surface area contributed by atoms with Crippen LogP contribution in [0.4, 0.5) is 0 Å². The monoisotopic (exact) mass is 223 g/mol. The molecule has 1 saturated carbocycles. The highest BCUT2D eigenvalue weighted by Crippen LogP contribution is 2.60. The predicted molar refractivity (Wildman–Crippen MR) is 66.7 cm³/mol. The van der Waals surface area contributed by atoms with Crippen LogP contribution in [-0.2, 0) is 4.79 Å². The van der Waals surface area contributed by atoms with E-state index in [9.17, 15) is 4.79 Å². The summed E-state index contributed by atoms with van der Waals surface area (Å²) < 4.78 is 0. The summed E-state index contributed by atoms with van der Waals surface area (Å²) in [5.41, 5.74) is 8.23. The fourth-order valence-corrected chi connectivity index (χ4v) is 3.68. The first-order chi connectivity index (χ1) is 8.27. The van der Waals surface area contributed by atoms with Crippen molar-refractivity contribution in [3.05, 3.63) is 47.5 Å². The molecule has 0 bridgehead atoms. The Morgan fingerprint density at radius 3 is 2.53 bits per heavy atom. The number of hydrogen-bond acceptors (Lipinski definition) is 1. The Labute approximate surface area is 99.4 Å². The molecule has 84 valence electrons. The second kappa shape index (κ2) is 2.89. The lowest BCUT2D eigenvalue weighted by Crippen LogP contribution is -2.39. The summed E-state index contributed by atoms with van der Waals surface area (Å²) in [7, 11) is 0. The van der Waals surface area contributed by atoms with E-state index in [1.165, 1.54) is 21.9 Å². The van der Waals surface area contributed by atoms with Crippen molar-refractivity contribution in [1.29, 1.82) is 0 Å². The molecule has 0 radical (unpaired) electrons. The van der Waals surface area contributed by atoms with Crippen molar-refractivity contribution in [3.63, 3.8) is 0 Å². The Bertz CT molecular complexity index is 641. The SMILES string of the molecule is NC(=O)[C@H]1C[C@H]2c3cccc4cccc(c34)[C@@H]12. The lowest BCUT2D eigenvalue weighted by Gasteiger charge is -2.39. The molecule has 0 aromatic heterocycles. The highest BCUT2D eigenvalue weighted by molar-refractivity contribution is 5.95. The number of rotatable bonds is 1. The highest BCUT2D eigenvalue weighted by Gasteiger charge is 2.50. The maximum absolute atomic E-state index is 11.4. The third kappa shape index (κ3) is 0.985. The van der Waals surface area contributed by atoms with E-state index in [2.05, 4.69) is 36.4 Å². The van der Waals surface area contributed by atoms with Gasteiger partial charge in [0.15, 0.2) is 0 Å². The summed E-state index contributed by atoms with van der Waals surface area (Å²) in [5, 5.41) is 2.66. The topological polar surface area (TPSA) is 43.1 Å². The molecule has 2 aliphatic rings. The van der Waals surface area contributed by atoms with Crippen LogP contribution in [0.25, 0.3) is 10.8 Å². The molecule has 17 heavy (non-hydrogen) atoms. The quantitative estimate of drug-likeness (QED) is 0.793. The van der Waals surface area contributed by atoms with Gasteiger partial charge in [-0.15, -0.1) is 0 Å². The van der Waals surface area contributed by atoms with Gasteiger partial charge < -0.3 is 5.73 Å². The Kier molecular flexibility index (Phi) is 1.57. The molecule has 4 rings (SSSR count). The minimum atomic E-state index is -0.143. The van der Waals surface area contributed by atoms with Gasteiger partial charge >= 0.3 is 0 Å². The zero-order valence-electron chi connectivity index (χ0n) is 9.39. The molecule has 2 N–H and O–H groups in total. The molecular formula is C15H13NO. The number of hydrogen-bond donors (Lipinski definition) is 1. The van der Waals surface area contributed by atoms with Gasteiger partial charge in [-0.05, 0) is 34.2 Å². The van der Waals surface area contributed by atoms with E-state index in [1.807, 2.05) is 0 Å². The second-order valence-corrected chi connectivity index (χ2v) is 5.17. The smallest absolute Gasteiger partial charge is 0.221 e. The average molecular weight is 223 g/mol. The number of carbonyl (C=O) groups is 1. The number of nitrogens with two attached hydrogens (primary N) is 1. The lowest BCUT2D eigenvalue weighted by molar-refractivity contribution is -0.125. The molecule has 2 nitrogen and oxygen atoms in total. The molecule has 1 amide bonds. The first kappa shape index (κ1) is 9.23. The van der Waals surface area contributed by atoms with Crippen LogP contribution in [-0.4, -0.2) is 5.91 Å². The standard InChI is InChI=1S/C15H13NO/c16-15(17)12-7-11-9-5-1-3-8-4-2-6-10(13(8)9)14(11)12/h1-6,11-12,14H,7H2,(H2,16,17)/t11-,12-,14+/m0/s1. The zero-order valence-corrected chi connectivity index (χ0v) is 9.39. The number of primary amides is 1. The van der Waals surface area contributed by atoms with Gasteiger partial charge in [0.05, 0.1) is 0 Å². The van der Waals surface area contributed by atoms with E-state index < -0.39 is 0 Å². The molecule has 0 spiro atoms. The van der Waals surface area contributed by atoms with Crippen molar-refractivity contribution in [2.24, 2.45) is 11.7 Å². The summed E-state index contributed by atoms with van der Waals surface area (Å²) in [6, 6.07) is 12.8. The van der Waals surface area contributed by atoms with Crippen LogP contribution in [0.5, 0.6) is 0 Å². The molecule has 2 aliphatic carbocycles. The molecule has 0 saturated heterocycles. The minimum absolute atomic E-state index is 0.0398. The van der Waals surface area contributed by atoms with E-state index in [-0.39, 0.29) is 11.8 Å². The van der Waals surface area contributed by atoms with E-state index in [1.54, 1.807) is 0 Å². The fraction of sp³-hybridized carbons (Fsp3) is 0.267. The van der Waals surface area contributed by atoms with Gasteiger partial charge in [0, 0.05) is 11.8 Å². The van der Waals surface area contributed by atoms with Crippen molar-refractivity contribution in [2.45, 2.75) is 18.3 Å². The first-order valence-corrected chi connectivity index (χ1v) is 6.08. The summed E-state index contributed by atoms with van der Waals surface area (Å²) >= 11 is 0. The van der Waals surface area contributed by atoms with Gasteiger partial charge in [-0.25, -0.2) is 0 Å². The van der Waals surface area contributed by atoms with E-state index in [0.717, 1.165) is 6.42 Å². The molecule has 1 fully saturated rings. The molecule has 0 heterocycles. The Morgan fingerprint density at radius 2 is 1.82 bits per heavy atom. The Morgan fingerprint density at radius 1 is 1.12 bits per heavy atom. The average Bonchev–Trinajstić information content (AvgIpc) is 2.49. The van der Waals surface area contributed by atoms with E-state index in [0.29, 0.717) is 11.8 Å². The maximum Gasteiger partial charge on any atom is 0.221 e. The van der Waals surface area contributed by atoms with Gasteiger partial charge in [-0.3, -0.25) is 4.79 Å². The van der Waals surface area contributed by atoms with Crippen LogP contribution in [0.1, 0.15) is 29.4 Å². The maximum atomic E-state index is 11.4. The summed E-state index contributed by atoms with van der Waals surface area (Å²) in [6.45, 7) is 0. The number of carbonyl (C=O) groups excluding carboxylic acids is 1. The minimum Gasteiger partial charge on any atom is -0.369 e. The number of amides is 1. The van der Waals surface area contributed by atoms with Crippen LogP contribution in [0.3, 0.4) is 0 Å². The third-order valence-electron chi connectivity index (χ3n) is 4.47. The highest BCUT2D eigenvalue weighted by atomic mass is 16.1. The van der Waals surface area contributed by atoms with Crippen LogP contribution in [0.2, 0.25) is 0 Å². The van der Waals surface area contributed by atoms with Crippen LogP contribution < -0.4 is 5.73 Å². The first-order valence-electron chi connectivity index (χ1n) is 6.08. The van der Waals surface area contributed by atoms with E-state index in [4.69, 9.17) is 5.73 Å². The van der Waals surface area contributed by atoms with Crippen molar-refractivity contribution < 1.29 is 4.79 Å². The van der Waals surface area contributed by atoms with E-state index >= 15 is 0 Å². The van der Waals surface area contributed by atoms with Crippen molar-refractivity contribution >= 4 is 16.7 Å². The summed E-state index contributed by atoms with van der Waals surface area (Å²) in [5.74, 6) is 0.760. The van der Waals surface area contributed by atoms with Crippen LogP contribution in [0, 0.1) is 5.92 Å². The molecule has 2 aromatic rings.